The Morgan fingerprint density at radius 1 is 1.22 bits per heavy atom. The second-order valence-corrected chi connectivity index (χ2v) is 6.06. The molecule has 1 aliphatic heterocycles. The number of para-hydroxylation sites is 2. The molecule has 0 fully saturated rings. The molecule has 5 nitrogen and oxygen atoms in total. The number of aliphatic hydroxyl groups is 1. The van der Waals surface area contributed by atoms with Gasteiger partial charge in [0.05, 0.1) is 23.1 Å². The molecule has 0 spiro atoms. The zero-order chi connectivity index (χ0) is 16.0. The zero-order valence-electron chi connectivity index (χ0n) is 12.1. The molecule has 2 N–H and O–H groups in total. The molecule has 6 heteroatoms. The summed E-state index contributed by atoms with van der Waals surface area (Å²) < 4.78 is 1.93. The van der Waals surface area contributed by atoms with Crippen molar-refractivity contribution in [1.29, 1.82) is 0 Å². The summed E-state index contributed by atoms with van der Waals surface area (Å²) in [6.07, 6.45) is -0.901. The van der Waals surface area contributed by atoms with Crippen molar-refractivity contribution in [3.8, 4) is 0 Å². The first-order valence-electron chi connectivity index (χ1n) is 7.33. The van der Waals surface area contributed by atoms with Gasteiger partial charge in [-0.05, 0) is 29.8 Å². The topological polar surface area (TPSA) is 67.2 Å². The van der Waals surface area contributed by atoms with Crippen LogP contribution < -0.4 is 5.32 Å². The van der Waals surface area contributed by atoms with Crippen LogP contribution in [0.25, 0.3) is 11.0 Å². The summed E-state index contributed by atoms with van der Waals surface area (Å²) in [7, 11) is 0. The van der Waals surface area contributed by atoms with Crippen molar-refractivity contribution in [3.05, 3.63) is 59.1 Å². The Labute approximate surface area is 137 Å². The molecule has 2 unspecified atom stereocenters. The average molecular weight is 328 g/mol. The van der Waals surface area contributed by atoms with Gasteiger partial charge in [-0.1, -0.05) is 35.9 Å². The Morgan fingerprint density at radius 2 is 1.96 bits per heavy atom. The summed E-state index contributed by atoms with van der Waals surface area (Å²) >= 11 is 5.88. The van der Waals surface area contributed by atoms with Gasteiger partial charge in [-0.2, -0.15) is 0 Å². The minimum atomic E-state index is -0.901. The predicted molar refractivity (Wildman–Crippen MR) is 88.3 cm³/mol. The van der Waals surface area contributed by atoms with Gasteiger partial charge in [0.1, 0.15) is 0 Å². The van der Waals surface area contributed by atoms with Crippen molar-refractivity contribution in [2.24, 2.45) is 5.92 Å². The van der Waals surface area contributed by atoms with Gasteiger partial charge in [-0.15, -0.1) is 0 Å². The summed E-state index contributed by atoms with van der Waals surface area (Å²) in [6, 6.07) is 14.6. The van der Waals surface area contributed by atoms with Gasteiger partial charge in [-0.3, -0.25) is 10.1 Å². The van der Waals surface area contributed by atoms with E-state index in [1.54, 1.807) is 24.3 Å². The van der Waals surface area contributed by atoms with E-state index in [0.717, 1.165) is 11.0 Å². The number of anilines is 1. The highest BCUT2D eigenvalue weighted by molar-refractivity contribution is 6.30. The molecule has 4 rings (SSSR count). The molecule has 1 aromatic heterocycles. The maximum Gasteiger partial charge on any atom is 0.234 e. The SMILES string of the molecule is O=C1Nc2nc3ccccc3n2CC1C(O)c1ccc(Cl)cc1. The number of rotatable bonds is 2. The third kappa shape index (κ3) is 2.38. The number of aromatic nitrogens is 2. The minimum absolute atomic E-state index is 0.227. The van der Waals surface area contributed by atoms with Crippen LogP contribution in [-0.4, -0.2) is 20.6 Å². The highest BCUT2D eigenvalue weighted by Gasteiger charge is 2.34. The normalized spacial score (nSPS) is 18.5. The van der Waals surface area contributed by atoms with Crippen molar-refractivity contribution < 1.29 is 9.90 Å². The molecule has 0 saturated heterocycles. The first-order valence-corrected chi connectivity index (χ1v) is 7.71. The molecule has 0 aliphatic carbocycles. The Morgan fingerprint density at radius 3 is 2.74 bits per heavy atom. The maximum absolute atomic E-state index is 12.4. The molecule has 23 heavy (non-hydrogen) atoms. The Balaban J connectivity index is 1.71. The molecule has 0 radical (unpaired) electrons. The minimum Gasteiger partial charge on any atom is -0.388 e. The number of amides is 1. The second-order valence-electron chi connectivity index (χ2n) is 5.63. The quantitative estimate of drug-likeness (QED) is 0.760. The van der Waals surface area contributed by atoms with Crippen LogP contribution in [0, 0.1) is 5.92 Å². The number of hydrogen-bond acceptors (Lipinski definition) is 3. The lowest BCUT2D eigenvalue weighted by molar-refractivity contribution is -0.124. The fourth-order valence-corrected chi connectivity index (χ4v) is 3.10. The highest BCUT2D eigenvalue weighted by atomic mass is 35.5. The summed E-state index contributed by atoms with van der Waals surface area (Å²) in [6.45, 7) is 0.380. The number of aliphatic hydroxyl groups excluding tert-OH is 1. The van der Waals surface area contributed by atoms with Crippen LogP contribution in [0.5, 0.6) is 0 Å². The van der Waals surface area contributed by atoms with Crippen LogP contribution in [0.1, 0.15) is 11.7 Å². The van der Waals surface area contributed by atoms with Gasteiger partial charge >= 0.3 is 0 Å². The van der Waals surface area contributed by atoms with E-state index in [0.29, 0.717) is 23.1 Å². The standard InChI is InChI=1S/C17H14ClN3O2/c18-11-7-5-10(6-8-11)15(22)12-9-21-14-4-2-1-3-13(14)19-17(21)20-16(12)23/h1-8,12,15,22H,9H2,(H,19,20,23). The lowest BCUT2D eigenvalue weighted by Gasteiger charge is -2.27. The molecule has 0 saturated carbocycles. The number of carbonyl (C=O) groups is 1. The Hall–Kier alpha value is -2.37. The molecule has 1 amide bonds. The first kappa shape index (κ1) is 14.2. The summed E-state index contributed by atoms with van der Waals surface area (Å²) in [5.41, 5.74) is 2.43. The lowest BCUT2D eigenvalue weighted by atomic mass is 9.94. The summed E-state index contributed by atoms with van der Waals surface area (Å²) in [5, 5.41) is 14.0. The van der Waals surface area contributed by atoms with Crippen molar-refractivity contribution in [3.63, 3.8) is 0 Å². The fraction of sp³-hybridized carbons (Fsp3) is 0.176. The van der Waals surface area contributed by atoms with Gasteiger partial charge in [0.15, 0.2) is 0 Å². The molecule has 2 heterocycles. The number of halogens is 1. The van der Waals surface area contributed by atoms with E-state index in [-0.39, 0.29) is 5.91 Å². The van der Waals surface area contributed by atoms with Gasteiger partial charge in [0.2, 0.25) is 11.9 Å². The third-order valence-electron chi connectivity index (χ3n) is 4.20. The van der Waals surface area contributed by atoms with Gasteiger partial charge < -0.3 is 9.67 Å². The largest absolute Gasteiger partial charge is 0.388 e. The van der Waals surface area contributed by atoms with E-state index in [2.05, 4.69) is 10.3 Å². The Bertz CT molecular complexity index is 888. The van der Waals surface area contributed by atoms with E-state index in [1.807, 2.05) is 28.8 Å². The maximum atomic E-state index is 12.4. The number of nitrogens with one attached hydrogen (secondary N) is 1. The van der Waals surface area contributed by atoms with Crippen LogP contribution in [-0.2, 0) is 11.3 Å². The van der Waals surface area contributed by atoms with Gasteiger partial charge in [0.25, 0.3) is 0 Å². The van der Waals surface area contributed by atoms with Crippen molar-refractivity contribution >= 4 is 34.5 Å². The lowest BCUT2D eigenvalue weighted by Crippen LogP contribution is -2.37. The predicted octanol–water partition coefficient (Wildman–Crippen LogP) is 2.99. The number of nitrogens with zero attached hydrogens (tertiary/aromatic N) is 2. The van der Waals surface area contributed by atoms with Crippen LogP contribution >= 0.6 is 11.6 Å². The molecular formula is C17H14ClN3O2. The Kier molecular flexibility index (Phi) is 3.32. The number of fused-ring (bicyclic) bond motifs is 3. The van der Waals surface area contributed by atoms with E-state index < -0.39 is 12.0 Å². The number of benzene rings is 2. The highest BCUT2D eigenvalue weighted by Crippen LogP contribution is 2.32. The van der Waals surface area contributed by atoms with Crippen LogP contribution in [0.3, 0.4) is 0 Å². The van der Waals surface area contributed by atoms with Crippen molar-refractivity contribution in [2.45, 2.75) is 12.6 Å². The van der Waals surface area contributed by atoms with Gasteiger partial charge in [0, 0.05) is 11.6 Å². The zero-order valence-corrected chi connectivity index (χ0v) is 12.9. The fourth-order valence-electron chi connectivity index (χ4n) is 2.97. The molecule has 1 aliphatic rings. The number of imidazole rings is 1. The number of carbonyl (C=O) groups excluding carboxylic acids is 1. The van der Waals surface area contributed by atoms with E-state index in [1.165, 1.54) is 0 Å². The van der Waals surface area contributed by atoms with Crippen molar-refractivity contribution in [1.82, 2.24) is 9.55 Å². The molecule has 2 aromatic carbocycles. The summed E-state index contributed by atoms with van der Waals surface area (Å²) in [4.78, 5) is 16.8. The molecule has 2 atom stereocenters. The van der Waals surface area contributed by atoms with E-state index >= 15 is 0 Å². The molecule has 3 aromatic rings. The average Bonchev–Trinajstić information content (AvgIpc) is 2.91. The monoisotopic (exact) mass is 327 g/mol. The van der Waals surface area contributed by atoms with Gasteiger partial charge in [-0.25, -0.2) is 4.98 Å². The van der Waals surface area contributed by atoms with Crippen molar-refractivity contribution in [2.75, 3.05) is 5.32 Å². The third-order valence-corrected chi connectivity index (χ3v) is 4.45. The summed E-state index contributed by atoms with van der Waals surface area (Å²) in [5.74, 6) is -0.285. The molecular weight excluding hydrogens is 314 g/mol. The van der Waals surface area contributed by atoms with Crippen LogP contribution in [0.4, 0.5) is 5.95 Å². The molecule has 116 valence electrons. The first-order chi connectivity index (χ1) is 11.1. The molecule has 0 bridgehead atoms. The number of hydrogen-bond donors (Lipinski definition) is 2. The smallest absolute Gasteiger partial charge is 0.234 e. The van der Waals surface area contributed by atoms with E-state index in [9.17, 15) is 9.90 Å². The van der Waals surface area contributed by atoms with Crippen LogP contribution in [0.15, 0.2) is 48.5 Å². The van der Waals surface area contributed by atoms with Crippen LogP contribution in [0.2, 0.25) is 5.02 Å². The van der Waals surface area contributed by atoms with E-state index in [4.69, 9.17) is 11.6 Å². The second kappa shape index (κ2) is 5.37.